The predicted molar refractivity (Wildman–Crippen MR) is 80.9 cm³/mol. The smallest absolute Gasteiger partial charge is 0.317 e. The summed E-state index contributed by atoms with van der Waals surface area (Å²) in [5.74, 6) is 0.205. The number of nitrogens with one attached hydrogen (secondary N) is 1. The van der Waals surface area contributed by atoms with Crippen LogP contribution in [0, 0.1) is 5.82 Å². The maximum Gasteiger partial charge on any atom is 0.317 e. The molecule has 0 aliphatic rings. The molecule has 1 N–H and O–H groups in total. The average molecular weight is 303 g/mol. The minimum Gasteiger partial charge on any atom is -0.481 e. The lowest BCUT2D eigenvalue weighted by Gasteiger charge is -2.19. The van der Waals surface area contributed by atoms with Gasteiger partial charge in [0.2, 0.25) is 5.88 Å². The van der Waals surface area contributed by atoms with Crippen LogP contribution in [0.1, 0.15) is 11.1 Å². The minimum absolute atomic E-state index is 0.227. The summed E-state index contributed by atoms with van der Waals surface area (Å²) < 4.78 is 18.0. The highest BCUT2D eigenvalue weighted by Gasteiger charge is 2.12. The number of methoxy groups -OCH3 is 1. The van der Waals surface area contributed by atoms with Crippen molar-refractivity contribution in [2.75, 3.05) is 14.2 Å². The lowest BCUT2D eigenvalue weighted by Crippen LogP contribution is -2.36. The normalized spacial score (nSPS) is 10.1. The fourth-order valence-electron chi connectivity index (χ4n) is 1.97. The maximum absolute atomic E-state index is 12.8. The third kappa shape index (κ3) is 4.18. The van der Waals surface area contributed by atoms with E-state index in [2.05, 4.69) is 10.3 Å². The van der Waals surface area contributed by atoms with E-state index in [1.807, 2.05) is 6.07 Å². The molecule has 0 saturated heterocycles. The molecule has 0 atom stereocenters. The number of pyridine rings is 1. The van der Waals surface area contributed by atoms with Crippen LogP contribution in [0.5, 0.6) is 5.88 Å². The minimum atomic E-state index is -0.295. The van der Waals surface area contributed by atoms with Crippen LogP contribution in [0.25, 0.3) is 0 Å². The number of rotatable bonds is 5. The third-order valence-electron chi connectivity index (χ3n) is 3.15. The van der Waals surface area contributed by atoms with Crippen LogP contribution < -0.4 is 10.1 Å². The second-order valence-electron chi connectivity index (χ2n) is 4.81. The van der Waals surface area contributed by atoms with Crippen molar-refractivity contribution in [3.63, 3.8) is 0 Å². The number of benzene rings is 1. The Balaban J connectivity index is 1.90. The number of hydrogen-bond donors (Lipinski definition) is 1. The van der Waals surface area contributed by atoms with Gasteiger partial charge in [-0.15, -0.1) is 0 Å². The number of carbonyl (C=O) groups excluding carboxylic acids is 1. The first-order valence-corrected chi connectivity index (χ1v) is 6.81. The molecule has 0 bridgehead atoms. The Labute approximate surface area is 128 Å². The largest absolute Gasteiger partial charge is 0.481 e. The molecule has 1 aromatic heterocycles. The second-order valence-corrected chi connectivity index (χ2v) is 4.81. The monoisotopic (exact) mass is 303 g/mol. The first-order valence-electron chi connectivity index (χ1n) is 6.81. The van der Waals surface area contributed by atoms with E-state index >= 15 is 0 Å². The van der Waals surface area contributed by atoms with Crippen LogP contribution in [0.4, 0.5) is 9.18 Å². The lowest BCUT2D eigenvalue weighted by molar-refractivity contribution is 0.205. The van der Waals surface area contributed by atoms with Crippen LogP contribution in [0.3, 0.4) is 0 Å². The zero-order chi connectivity index (χ0) is 15.9. The van der Waals surface area contributed by atoms with E-state index < -0.39 is 0 Å². The standard InChI is InChI=1S/C16H18FN3O2/c1-20(11-13-4-3-9-18-15(13)22-2)16(21)19-10-12-5-7-14(17)8-6-12/h3-9H,10-11H2,1-2H3,(H,19,21). The van der Waals surface area contributed by atoms with Gasteiger partial charge in [-0.3, -0.25) is 0 Å². The second kappa shape index (κ2) is 7.40. The number of ether oxygens (including phenoxy) is 1. The molecule has 2 amide bonds. The number of aromatic nitrogens is 1. The van der Waals surface area contributed by atoms with Gasteiger partial charge in [-0.2, -0.15) is 0 Å². The third-order valence-corrected chi connectivity index (χ3v) is 3.15. The number of carbonyl (C=O) groups is 1. The summed E-state index contributed by atoms with van der Waals surface area (Å²) in [5.41, 5.74) is 1.66. The molecule has 116 valence electrons. The van der Waals surface area contributed by atoms with Gasteiger partial charge in [0.15, 0.2) is 0 Å². The summed E-state index contributed by atoms with van der Waals surface area (Å²) in [7, 11) is 3.23. The van der Waals surface area contributed by atoms with Gasteiger partial charge in [-0.1, -0.05) is 18.2 Å². The zero-order valence-electron chi connectivity index (χ0n) is 12.5. The topological polar surface area (TPSA) is 54.5 Å². The van der Waals surface area contributed by atoms with Gasteiger partial charge in [-0.05, 0) is 23.8 Å². The molecule has 0 radical (unpaired) electrons. The highest BCUT2D eigenvalue weighted by molar-refractivity contribution is 5.73. The summed E-state index contributed by atoms with van der Waals surface area (Å²) >= 11 is 0. The van der Waals surface area contributed by atoms with Gasteiger partial charge in [0.25, 0.3) is 0 Å². The summed E-state index contributed by atoms with van der Waals surface area (Å²) in [6, 6.07) is 9.43. The van der Waals surface area contributed by atoms with Gasteiger partial charge in [0.1, 0.15) is 5.82 Å². The number of hydrogen-bond acceptors (Lipinski definition) is 3. The molecule has 6 heteroatoms. The van der Waals surface area contributed by atoms with Crippen molar-refractivity contribution < 1.29 is 13.9 Å². The fourth-order valence-corrected chi connectivity index (χ4v) is 1.97. The first kappa shape index (κ1) is 15.8. The highest BCUT2D eigenvalue weighted by atomic mass is 19.1. The summed E-state index contributed by atoms with van der Waals surface area (Å²) in [6.45, 7) is 0.722. The number of amides is 2. The Morgan fingerprint density at radius 3 is 2.73 bits per heavy atom. The van der Waals surface area contributed by atoms with E-state index in [-0.39, 0.29) is 11.8 Å². The average Bonchev–Trinajstić information content (AvgIpc) is 2.54. The molecule has 2 rings (SSSR count). The SMILES string of the molecule is COc1ncccc1CN(C)C(=O)NCc1ccc(F)cc1. The predicted octanol–water partition coefficient (Wildman–Crippen LogP) is 2.57. The van der Waals surface area contributed by atoms with Crippen molar-refractivity contribution in [2.45, 2.75) is 13.1 Å². The number of halogens is 1. The van der Waals surface area contributed by atoms with Gasteiger partial charge < -0.3 is 15.0 Å². The molecule has 0 spiro atoms. The molecule has 0 unspecified atom stereocenters. The molecule has 1 heterocycles. The molecule has 0 aliphatic carbocycles. The lowest BCUT2D eigenvalue weighted by atomic mass is 10.2. The maximum atomic E-state index is 12.8. The molecule has 5 nitrogen and oxygen atoms in total. The van der Waals surface area contributed by atoms with Crippen LogP contribution >= 0.6 is 0 Å². The van der Waals surface area contributed by atoms with E-state index in [1.165, 1.54) is 17.0 Å². The van der Waals surface area contributed by atoms with Crippen LogP contribution in [0.2, 0.25) is 0 Å². The van der Waals surface area contributed by atoms with Crippen molar-refractivity contribution in [2.24, 2.45) is 0 Å². The van der Waals surface area contributed by atoms with Crippen molar-refractivity contribution in [3.8, 4) is 5.88 Å². The molecule has 0 saturated carbocycles. The van der Waals surface area contributed by atoms with Crippen LogP contribution in [0.15, 0.2) is 42.6 Å². The molecule has 2 aromatic rings. The van der Waals surface area contributed by atoms with Gasteiger partial charge in [0.05, 0.1) is 13.7 Å². The van der Waals surface area contributed by atoms with E-state index in [1.54, 1.807) is 38.6 Å². The summed E-state index contributed by atoms with van der Waals surface area (Å²) in [5, 5.41) is 2.78. The summed E-state index contributed by atoms with van der Waals surface area (Å²) in [4.78, 5) is 17.7. The molecule has 22 heavy (non-hydrogen) atoms. The van der Waals surface area contributed by atoms with E-state index in [9.17, 15) is 9.18 Å². The van der Waals surface area contributed by atoms with Crippen molar-refractivity contribution in [1.29, 1.82) is 0 Å². The van der Waals surface area contributed by atoms with Crippen molar-refractivity contribution in [3.05, 3.63) is 59.5 Å². The highest BCUT2D eigenvalue weighted by Crippen LogP contribution is 2.15. The van der Waals surface area contributed by atoms with E-state index in [0.717, 1.165) is 11.1 Å². The zero-order valence-corrected chi connectivity index (χ0v) is 12.5. The first-order chi connectivity index (χ1) is 10.6. The molecular formula is C16H18FN3O2. The Kier molecular flexibility index (Phi) is 5.30. The van der Waals surface area contributed by atoms with Crippen LogP contribution in [-0.4, -0.2) is 30.1 Å². The Hall–Kier alpha value is -2.63. The number of urea groups is 1. The molecule has 0 aliphatic heterocycles. The summed E-state index contributed by atoms with van der Waals surface area (Å²) in [6.07, 6.45) is 1.64. The number of nitrogens with zero attached hydrogens (tertiary/aromatic N) is 2. The van der Waals surface area contributed by atoms with Gasteiger partial charge in [-0.25, -0.2) is 14.2 Å². The Morgan fingerprint density at radius 1 is 1.32 bits per heavy atom. The van der Waals surface area contributed by atoms with Crippen molar-refractivity contribution in [1.82, 2.24) is 15.2 Å². The van der Waals surface area contributed by atoms with Crippen LogP contribution in [-0.2, 0) is 13.1 Å². The van der Waals surface area contributed by atoms with Gasteiger partial charge >= 0.3 is 6.03 Å². The van der Waals surface area contributed by atoms with Crippen molar-refractivity contribution >= 4 is 6.03 Å². The van der Waals surface area contributed by atoms with E-state index in [0.29, 0.717) is 19.0 Å². The molecule has 1 aromatic carbocycles. The molecular weight excluding hydrogens is 285 g/mol. The Morgan fingerprint density at radius 2 is 2.05 bits per heavy atom. The fraction of sp³-hybridized carbons (Fsp3) is 0.250. The van der Waals surface area contributed by atoms with E-state index in [4.69, 9.17) is 4.74 Å². The molecule has 0 fully saturated rings. The van der Waals surface area contributed by atoms with Gasteiger partial charge in [0, 0.05) is 25.4 Å². The quantitative estimate of drug-likeness (QED) is 0.923. The Bertz CT molecular complexity index is 632.